The minimum atomic E-state index is 0.906. The predicted octanol–water partition coefficient (Wildman–Crippen LogP) is 2.41. The van der Waals surface area contributed by atoms with Crippen LogP contribution in [0, 0.1) is 13.8 Å². The second kappa shape index (κ2) is 5.63. The highest BCUT2D eigenvalue weighted by molar-refractivity contribution is 7.09. The van der Waals surface area contributed by atoms with Crippen LogP contribution >= 0.6 is 11.3 Å². The molecule has 0 aromatic carbocycles. The lowest BCUT2D eigenvalue weighted by Crippen LogP contribution is -2.09. The van der Waals surface area contributed by atoms with Crippen molar-refractivity contribution in [3.63, 3.8) is 0 Å². The van der Waals surface area contributed by atoms with Gasteiger partial charge in [0.1, 0.15) is 0 Å². The summed E-state index contributed by atoms with van der Waals surface area (Å²) in [5.74, 6) is 0. The van der Waals surface area contributed by atoms with Gasteiger partial charge in [0.25, 0.3) is 0 Å². The first-order valence-electron chi connectivity index (χ1n) is 6.30. The second-order valence-corrected chi connectivity index (χ2v) is 5.28. The number of rotatable bonds is 5. The van der Waals surface area contributed by atoms with Gasteiger partial charge in [-0.2, -0.15) is 5.10 Å². The Hall–Kier alpha value is -1.20. The van der Waals surface area contributed by atoms with E-state index in [1.807, 2.05) is 11.7 Å². The summed E-state index contributed by atoms with van der Waals surface area (Å²) in [5.41, 5.74) is 4.55. The molecule has 18 heavy (non-hydrogen) atoms. The number of aromatic nitrogens is 3. The summed E-state index contributed by atoms with van der Waals surface area (Å²) in [7, 11) is 1.97. The van der Waals surface area contributed by atoms with Crippen molar-refractivity contribution < 1.29 is 0 Å². The van der Waals surface area contributed by atoms with E-state index in [2.05, 4.69) is 36.6 Å². The molecule has 0 spiro atoms. The van der Waals surface area contributed by atoms with Gasteiger partial charge in [0.2, 0.25) is 0 Å². The van der Waals surface area contributed by atoms with Crippen molar-refractivity contribution in [2.24, 2.45) is 0 Å². The van der Waals surface area contributed by atoms with Crippen LogP contribution in [-0.2, 0) is 13.0 Å². The minimum Gasteiger partial charge on any atom is -0.319 e. The molecule has 0 aliphatic carbocycles. The normalized spacial score (nSPS) is 11.1. The third kappa shape index (κ3) is 2.47. The summed E-state index contributed by atoms with van der Waals surface area (Å²) in [6, 6.07) is 0. The summed E-state index contributed by atoms with van der Waals surface area (Å²) in [6.07, 6.45) is 0.987. The zero-order chi connectivity index (χ0) is 13.1. The van der Waals surface area contributed by atoms with Crippen LogP contribution in [0.1, 0.15) is 23.3 Å². The summed E-state index contributed by atoms with van der Waals surface area (Å²) in [5, 5.41) is 11.0. The molecule has 0 unspecified atom stereocenters. The number of nitrogens with zero attached hydrogens (tertiary/aromatic N) is 3. The molecule has 2 rings (SSSR count). The molecule has 2 aromatic heterocycles. The molecule has 2 heterocycles. The first-order chi connectivity index (χ1) is 8.67. The summed E-state index contributed by atoms with van der Waals surface area (Å²) in [4.78, 5) is 4.71. The monoisotopic (exact) mass is 264 g/mol. The van der Waals surface area contributed by atoms with E-state index in [1.54, 1.807) is 11.3 Å². The topological polar surface area (TPSA) is 42.7 Å². The van der Waals surface area contributed by atoms with E-state index in [4.69, 9.17) is 4.98 Å². The first-order valence-corrected chi connectivity index (χ1v) is 7.18. The molecule has 0 fully saturated rings. The van der Waals surface area contributed by atoms with Gasteiger partial charge in [0.05, 0.1) is 16.4 Å². The van der Waals surface area contributed by atoms with Crippen molar-refractivity contribution in [3.8, 4) is 11.3 Å². The van der Waals surface area contributed by atoms with Crippen LogP contribution in [-0.4, -0.2) is 28.4 Å². The summed E-state index contributed by atoms with van der Waals surface area (Å²) >= 11 is 1.73. The molecule has 1 N–H and O–H groups in total. The third-order valence-corrected chi connectivity index (χ3v) is 3.99. The Morgan fingerprint density at radius 3 is 2.78 bits per heavy atom. The second-order valence-electron chi connectivity index (χ2n) is 4.34. The molecule has 0 aliphatic heterocycles. The fourth-order valence-electron chi connectivity index (χ4n) is 2.15. The molecule has 98 valence electrons. The predicted molar refractivity (Wildman–Crippen MR) is 76.1 cm³/mol. The molecule has 0 aliphatic rings. The van der Waals surface area contributed by atoms with Gasteiger partial charge in [0, 0.05) is 36.1 Å². The number of likely N-dealkylation sites (N-methyl/N-ethyl adjacent to an activating group) is 1. The Kier molecular flexibility index (Phi) is 4.14. The number of aryl methyl sites for hydroxylation is 2. The van der Waals surface area contributed by atoms with Crippen molar-refractivity contribution in [1.29, 1.82) is 0 Å². The van der Waals surface area contributed by atoms with Crippen LogP contribution in [0.25, 0.3) is 11.3 Å². The van der Waals surface area contributed by atoms with E-state index in [9.17, 15) is 0 Å². The highest BCUT2D eigenvalue weighted by Gasteiger charge is 2.15. The van der Waals surface area contributed by atoms with Crippen LogP contribution in [0.5, 0.6) is 0 Å². The Bertz CT molecular complexity index is 527. The van der Waals surface area contributed by atoms with Crippen molar-refractivity contribution in [3.05, 3.63) is 21.8 Å². The van der Waals surface area contributed by atoms with E-state index in [-0.39, 0.29) is 0 Å². The Morgan fingerprint density at radius 2 is 2.17 bits per heavy atom. The van der Waals surface area contributed by atoms with Gasteiger partial charge in [0.15, 0.2) is 0 Å². The van der Waals surface area contributed by atoms with Crippen LogP contribution < -0.4 is 5.32 Å². The zero-order valence-corrected chi connectivity index (χ0v) is 12.3. The minimum absolute atomic E-state index is 0.906. The van der Waals surface area contributed by atoms with Crippen molar-refractivity contribution >= 4 is 11.3 Å². The van der Waals surface area contributed by atoms with Crippen molar-refractivity contribution in [2.45, 2.75) is 33.7 Å². The maximum atomic E-state index is 4.71. The van der Waals surface area contributed by atoms with Gasteiger partial charge in [-0.15, -0.1) is 11.3 Å². The van der Waals surface area contributed by atoms with Crippen molar-refractivity contribution in [2.75, 3.05) is 13.6 Å². The average Bonchev–Trinajstić information content (AvgIpc) is 2.91. The third-order valence-electron chi connectivity index (χ3n) is 3.08. The number of nitrogens with one attached hydrogen (secondary N) is 1. The number of hydrogen-bond donors (Lipinski definition) is 1. The van der Waals surface area contributed by atoms with E-state index in [1.165, 1.54) is 16.3 Å². The lowest BCUT2D eigenvalue weighted by Gasteiger charge is -2.00. The van der Waals surface area contributed by atoms with Gasteiger partial charge in [-0.3, -0.25) is 4.68 Å². The number of hydrogen-bond acceptors (Lipinski definition) is 4. The zero-order valence-electron chi connectivity index (χ0n) is 11.4. The first kappa shape index (κ1) is 13.2. The molecule has 0 amide bonds. The van der Waals surface area contributed by atoms with Crippen LogP contribution in [0.3, 0.4) is 0 Å². The average molecular weight is 264 g/mol. The Labute approximate surface area is 112 Å². The van der Waals surface area contributed by atoms with Crippen LogP contribution in [0.4, 0.5) is 0 Å². The van der Waals surface area contributed by atoms with Gasteiger partial charge in [-0.25, -0.2) is 4.98 Å². The van der Waals surface area contributed by atoms with Crippen LogP contribution in [0.2, 0.25) is 0 Å². The SMILES string of the molecule is CCn1nc(C)c(-c2csc(CCNC)n2)c1C. The molecule has 0 bridgehead atoms. The van der Waals surface area contributed by atoms with Gasteiger partial charge in [-0.05, 0) is 27.8 Å². The molecule has 0 saturated heterocycles. The van der Waals surface area contributed by atoms with Crippen molar-refractivity contribution in [1.82, 2.24) is 20.1 Å². The highest BCUT2D eigenvalue weighted by atomic mass is 32.1. The van der Waals surface area contributed by atoms with E-state index in [0.717, 1.165) is 30.9 Å². The maximum absolute atomic E-state index is 4.71. The molecular weight excluding hydrogens is 244 g/mol. The fourth-order valence-corrected chi connectivity index (χ4v) is 2.94. The molecule has 5 heteroatoms. The molecule has 0 atom stereocenters. The largest absolute Gasteiger partial charge is 0.319 e. The molecule has 2 aromatic rings. The lowest BCUT2D eigenvalue weighted by atomic mass is 10.1. The smallest absolute Gasteiger partial charge is 0.0945 e. The fraction of sp³-hybridized carbons (Fsp3) is 0.538. The van der Waals surface area contributed by atoms with Gasteiger partial charge < -0.3 is 5.32 Å². The Morgan fingerprint density at radius 1 is 1.39 bits per heavy atom. The van der Waals surface area contributed by atoms with E-state index >= 15 is 0 Å². The maximum Gasteiger partial charge on any atom is 0.0945 e. The van der Waals surface area contributed by atoms with Gasteiger partial charge >= 0.3 is 0 Å². The van der Waals surface area contributed by atoms with E-state index < -0.39 is 0 Å². The summed E-state index contributed by atoms with van der Waals surface area (Å²) in [6.45, 7) is 8.16. The molecule has 0 saturated carbocycles. The molecular formula is C13H20N4S. The highest BCUT2D eigenvalue weighted by Crippen LogP contribution is 2.28. The van der Waals surface area contributed by atoms with E-state index in [0.29, 0.717) is 0 Å². The lowest BCUT2D eigenvalue weighted by molar-refractivity contribution is 0.634. The number of thiazole rings is 1. The molecule has 4 nitrogen and oxygen atoms in total. The molecule has 0 radical (unpaired) electrons. The van der Waals surface area contributed by atoms with Gasteiger partial charge in [-0.1, -0.05) is 0 Å². The Balaban J connectivity index is 2.31. The van der Waals surface area contributed by atoms with Crippen LogP contribution in [0.15, 0.2) is 5.38 Å². The summed E-state index contributed by atoms with van der Waals surface area (Å²) < 4.78 is 2.04. The standard InChI is InChI=1S/C13H20N4S/c1-5-17-10(3)13(9(2)16-17)11-8-18-12(15-11)6-7-14-4/h8,14H,5-7H2,1-4H3. The quantitative estimate of drug-likeness (QED) is 0.902.